The molecule has 41 heavy (non-hydrogen) atoms. The van der Waals surface area contributed by atoms with Crippen LogP contribution in [-0.2, 0) is 11.3 Å². The Morgan fingerprint density at radius 1 is 1.05 bits per heavy atom. The molecule has 2 aliphatic rings. The number of amides is 1. The van der Waals surface area contributed by atoms with Crippen molar-refractivity contribution in [1.29, 1.82) is 0 Å². The molecule has 2 aromatic carbocycles. The van der Waals surface area contributed by atoms with Crippen molar-refractivity contribution in [2.24, 2.45) is 11.8 Å². The molecule has 0 saturated carbocycles. The molecule has 1 aromatic heterocycles. The number of benzene rings is 2. The van der Waals surface area contributed by atoms with Crippen LogP contribution < -0.4 is 15.0 Å². The standard InChI is InChI=1S/C32H40Cl2N4O2S/c1-22-16-23(2)19-38(18-22)32-36-30(21-41-32)25-6-8-27(9-7-25)40-15-3-4-31(39)35-26-11-13-37(14-12-26)20-24-5-10-28(33)29(34)17-24/h5-10,17,21-23,26H,3-4,11-16,18-20H2,1-2H3,(H,35,39). The first-order valence-electron chi connectivity index (χ1n) is 14.7. The van der Waals surface area contributed by atoms with Gasteiger partial charge in [-0.3, -0.25) is 9.69 Å². The number of anilines is 1. The van der Waals surface area contributed by atoms with E-state index >= 15 is 0 Å². The van der Waals surface area contributed by atoms with E-state index in [-0.39, 0.29) is 11.9 Å². The van der Waals surface area contributed by atoms with Crippen molar-refractivity contribution in [3.8, 4) is 17.0 Å². The number of nitrogens with one attached hydrogen (secondary N) is 1. The molecule has 0 aliphatic carbocycles. The highest BCUT2D eigenvalue weighted by atomic mass is 35.5. The minimum Gasteiger partial charge on any atom is -0.494 e. The summed E-state index contributed by atoms with van der Waals surface area (Å²) in [6.45, 7) is 10.1. The Morgan fingerprint density at radius 3 is 2.49 bits per heavy atom. The lowest BCUT2D eigenvalue weighted by Crippen LogP contribution is -2.44. The fourth-order valence-electron chi connectivity index (χ4n) is 5.94. The van der Waals surface area contributed by atoms with Gasteiger partial charge < -0.3 is 15.0 Å². The number of carbonyl (C=O) groups is 1. The van der Waals surface area contributed by atoms with Gasteiger partial charge >= 0.3 is 0 Å². The van der Waals surface area contributed by atoms with Crippen LogP contribution in [-0.4, -0.2) is 54.6 Å². The second kappa shape index (κ2) is 14.2. The number of ether oxygens (including phenoxy) is 1. The average Bonchev–Trinajstić information content (AvgIpc) is 3.45. The number of nitrogens with zero attached hydrogens (tertiary/aromatic N) is 3. The van der Waals surface area contributed by atoms with Crippen molar-refractivity contribution in [3.63, 3.8) is 0 Å². The number of aromatic nitrogens is 1. The van der Waals surface area contributed by atoms with E-state index in [0.29, 0.717) is 41.3 Å². The lowest BCUT2D eigenvalue weighted by atomic mass is 9.92. The zero-order valence-electron chi connectivity index (χ0n) is 24.0. The molecule has 1 N–H and O–H groups in total. The normalized spacial score (nSPS) is 20.2. The van der Waals surface area contributed by atoms with Crippen molar-refractivity contribution in [1.82, 2.24) is 15.2 Å². The summed E-state index contributed by atoms with van der Waals surface area (Å²) < 4.78 is 5.92. The zero-order valence-corrected chi connectivity index (χ0v) is 26.3. The van der Waals surface area contributed by atoms with Crippen molar-refractivity contribution in [3.05, 3.63) is 63.5 Å². The number of rotatable bonds is 10. The van der Waals surface area contributed by atoms with Gasteiger partial charge in [-0.05, 0) is 79.5 Å². The monoisotopic (exact) mass is 614 g/mol. The van der Waals surface area contributed by atoms with E-state index in [4.69, 9.17) is 32.9 Å². The molecule has 2 aliphatic heterocycles. The predicted molar refractivity (Wildman–Crippen MR) is 170 cm³/mol. The Labute approximate surface area is 258 Å². The first-order valence-corrected chi connectivity index (χ1v) is 16.4. The van der Waals surface area contributed by atoms with E-state index in [1.807, 2.05) is 30.3 Å². The Bertz CT molecular complexity index is 1280. The van der Waals surface area contributed by atoms with E-state index in [1.54, 1.807) is 11.3 Å². The summed E-state index contributed by atoms with van der Waals surface area (Å²) in [5.74, 6) is 2.33. The molecule has 0 radical (unpaired) electrons. The number of thiazole rings is 1. The summed E-state index contributed by atoms with van der Waals surface area (Å²) in [5, 5.41) is 7.64. The van der Waals surface area contributed by atoms with Crippen LogP contribution in [0.15, 0.2) is 47.8 Å². The molecule has 2 unspecified atom stereocenters. The fraction of sp³-hybridized carbons (Fsp3) is 0.500. The van der Waals surface area contributed by atoms with Crippen LogP contribution in [0.4, 0.5) is 5.13 Å². The second-order valence-electron chi connectivity index (χ2n) is 11.7. The van der Waals surface area contributed by atoms with Gasteiger partial charge in [0, 0.05) is 56.1 Å². The van der Waals surface area contributed by atoms with Crippen LogP contribution in [0.1, 0.15) is 51.5 Å². The topological polar surface area (TPSA) is 57.7 Å². The summed E-state index contributed by atoms with van der Waals surface area (Å²) in [6.07, 6.45) is 4.35. The van der Waals surface area contributed by atoms with Gasteiger partial charge in [-0.25, -0.2) is 4.98 Å². The largest absolute Gasteiger partial charge is 0.494 e. The molecule has 2 saturated heterocycles. The van der Waals surface area contributed by atoms with Crippen molar-refractivity contribution >= 4 is 45.6 Å². The summed E-state index contributed by atoms with van der Waals surface area (Å²) >= 11 is 13.9. The minimum absolute atomic E-state index is 0.101. The minimum atomic E-state index is 0.101. The van der Waals surface area contributed by atoms with E-state index < -0.39 is 0 Å². The van der Waals surface area contributed by atoms with Crippen LogP contribution in [0.3, 0.4) is 0 Å². The molecule has 0 bridgehead atoms. The van der Waals surface area contributed by atoms with Crippen molar-refractivity contribution in [2.45, 2.75) is 58.5 Å². The highest BCUT2D eigenvalue weighted by molar-refractivity contribution is 7.14. The molecule has 220 valence electrons. The number of likely N-dealkylation sites (tertiary alicyclic amines) is 1. The Kier molecular flexibility index (Phi) is 10.5. The Morgan fingerprint density at radius 2 is 1.78 bits per heavy atom. The SMILES string of the molecule is CC1CC(C)CN(c2nc(-c3ccc(OCCCC(=O)NC4CCN(Cc5ccc(Cl)c(Cl)c5)CC4)cc3)cs2)C1. The highest BCUT2D eigenvalue weighted by Crippen LogP contribution is 2.32. The lowest BCUT2D eigenvalue weighted by Gasteiger charge is -2.34. The van der Waals surface area contributed by atoms with Gasteiger partial charge in [-0.15, -0.1) is 11.3 Å². The summed E-state index contributed by atoms with van der Waals surface area (Å²) in [7, 11) is 0. The van der Waals surface area contributed by atoms with Gasteiger partial charge in [0.25, 0.3) is 0 Å². The Hall–Kier alpha value is -2.32. The molecular formula is C32H40Cl2N4O2S. The van der Waals surface area contributed by atoms with E-state index in [0.717, 1.165) is 73.3 Å². The van der Waals surface area contributed by atoms with Crippen LogP contribution in [0.5, 0.6) is 5.75 Å². The first kappa shape index (κ1) is 30.1. The van der Waals surface area contributed by atoms with Crippen LogP contribution >= 0.6 is 34.5 Å². The van der Waals surface area contributed by atoms with Gasteiger partial charge in [0.2, 0.25) is 5.91 Å². The molecule has 3 aromatic rings. The van der Waals surface area contributed by atoms with Crippen LogP contribution in [0.2, 0.25) is 10.0 Å². The molecule has 3 heterocycles. The van der Waals surface area contributed by atoms with Gasteiger partial charge in [0.15, 0.2) is 5.13 Å². The second-order valence-corrected chi connectivity index (χ2v) is 13.4. The molecule has 6 nitrogen and oxygen atoms in total. The summed E-state index contributed by atoms with van der Waals surface area (Å²) in [4.78, 5) is 22.2. The van der Waals surface area contributed by atoms with Gasteiger partial charge in [0.1, 0.15) is 5.75 Å². The summed E-state index contributed by atoms with van der Waals surface area (Å²) in [6, 6.07) is 14.1. The number of piperidine rings is 2. The van der Waals surface area contributed by atoms with Crippen molar-refractivity contribution in [2.75, 3.05) is 37.7 Å². The highest BCUT2D eigenvalue weighted by Gasteiger charge is 2.24. The van der Waals surface area contributed by atoms with Gasteiger partial charge in [-0.2, -0.15) is 0 Å². The maximum Gasteiger partial charge on any atom is 0.220 e. The number of hydrogen-bond donors (Lipinski definition) is 1. The lowest BCUT2D eigenvalue weighted by molar-refractivity contribution is -0.122. The van der Waals surface area contributed by atoms with Crippen LogP contribution in [0, 0.1) is 11.8 Å². The average molecular weight is 616 g/mol. The smallest absolute Gasteiger partial charge is 0.220 e. The maximum absolute atomic E-state index is 12.5. The number of halogens is 2. The van der Waals surface area contributed by atoms with Gasteiger partial charge in [0.05, 0.1) is 22.3 Å². The van der Waals surface area contributed by atoms with E-state index in [9.17, 15) is 4.79 Å². The first-order chi connectivity index (χ1) is 19.8. The fourth-order valence-corrected chi connectivity index (χ4v) is 7.11. The van der Waals surface area contributed by atoms with Gasteiger partial charge in [-0.1, -0.05) is 43.1 Å². The predicted octanol–water partition coefficient (Wildman–Crippen LogP) is 7.54. The third-order valence-corrected chi connectivity index (χ3v) is 9.58. The molecule has 9 heteroatoms. The number of hydrogen-bond acceptors (Lipinski definition) is 6. The molecule has 0 spiro atoms. The quantitative estimate of drug-likeness (QED) is 0.239. The molecule has 5 rings (SSSR count). The third-order valence-electron chi connectivity index (χ3n) is 7.94. The van der Waals surface area contributed by atoms with E-state index in [1.165, 1.54) is 6.42 Å². The molecule has 1 amide bonds. The van der Waals surface area contributed by atoms with Crippen LogP contribution in [0.25, 0.3) is 11.3 Å². The number of carbonyl (C=O) groups excluding carboxylic acids is 1. The third kappa shape index (κ3) is 8.60. The molecule has 2 fully saturated rings. The van der Waals surface area contributed by atoms with E-state index in [2.05, 4.69) is 46.5 Å². The molecular weight excluding hydrogens is 575 g/mol. The Balaban J connectivity index is 0.984. The summed E-state index contributed by atoms with van der Waals surface area (Å²) in [5.41, 5.74) is 3.27. The zero-order chi connectivity index (χ0) is 28.8. The van der Waals surface area contributed by atoms with Crippen molar-refractivity contribution < 1.29 is 9.53 Å². The molecule has 2 atom stereocenters. The maximum atomic E-state index is 12.5.